The third kappa shape index (κ3) is 2.31. The minimum atomic E-state index is 0.690. The predicted octanol–water partition coefficient (Wildman–Crippen LogP) is 2.96. The zero-order chi connectivity index (χ0) is 15.0. The van der Waals surface area contributed by atoms with Crippen LogP contribution in [0.4, 0.5) is 0 Å². The fourth-order valence-electron chi connectivity index (χ4n) is 2.41. The quantitative estimate of drug-likeness (QED) is 0.741. The van der Waals surface area contributed by atoms with Gasteiger partial charge in [0.15, 0.2) is 17.1 Å². The van der Waals surface area contributed by atoms with Crippen molar-refractivity contribution >= 4 is 11.0 Å². The Morgan fingerprint density at radius 2 is 1.81 bits per heavy atom. The second kappa shape index (κ2) is 5.09. The van der Waals surface area contributed by atoms with Crippen LogP contribution in [0.25, 0.3) is 22.3 Å². The van der Waals surface area contributed by atoms with Crippen LogP contribution in [-0.2, 0) is 7.05 Å². The number of aryl methyl sites for hydroxylation is 2. The number of ether oxygens (including phenoxy) is 2. The Labute approximate surface area is 123 Å². The van der Waals surface area contributed by atoms with Crippen molar-refractivity contribution in [1.82, 2.24) is 14.8 Å². The summed E-state index contributed by atoms with van der Waals surface area (Å²) >= 11 is 0. The number of rotatable bonds is 3. The van der Waals surface area contributed by atoms with Crippen LogP contribution in [0.1, 0.15) is 5.56 Å². The number of hydrogen-bond donors (Lipinski definition) is 0. The largest absolute Gasteiger partial charge is 0.493 e. The van der Waals surface area contributed by atoms with E-state index in [9.17, 15) is 0 Å². The summed E-state index contributed by atoms with van der Waals surface area (Å²) in [5, 5.41) is 5.46. The van der Waals surface area contributed by atoms with Crippen molar-refractivity contribution < 1.29 is 9.47 Å². The van der Waals surface area contributed by atoms with E-state index in [4.69, 9.17) is 9.47 Å². The van der Waals surface area contributed by atoms with E-state index in [0.29, 0.717) is 11.5 Å². The van der Waals surface area contributed by atoms with Gasteiger partial charge in [-0.05, 0) is 36.8 Å². The first-order valence-corrected chi connectivity index (χ1v) is 6.66. The van der Waals surface area contributed by atoms with E-state index < -0.39 is 0 Å². The summed E-state index contributed by atoms with van der Waals surface area (Å²) in [6, 6.07) is 7.84. The van der Waals surface area contributed by atoms with E-state index in [1.165, 1.54) is 0 Å². The molecule has 2 aromatic heterocycles. The van der Waals surface area contributed by atoms with Crippen LogP contribution in [0.2, 0.25) is 0 Å². The molecule has 0 saturated heterocycles. The minimum absolute atomic E-state index is 0.690. The van der Waals surface area contributed by atoms with Crippen molar-refractivity contribution in [3.05, 3.63) is 36.0 Å². The summed E-state index contributed by atoms with van der Waals surface area (Å²) in [7, 11) is 5.15. The molecule has 0 spiro atoms. The van der Waals surface area contributed by atoms with Gasteiger partial charge in [-0.15, -0.1) is 0 Å². The van der Waals surface area contributed by atoms with Gasteiger partial charge in [-0.2, -0.15) is 5.10 Å². The smallest absolute Gasteiger partial charge is 0.181 e. The molecule has 5 nitrogen and oxygen atoms in total. The van der Waals surface area contributed by atoms with Crippen LogP contribution in [-0.4, -0.2) is 29.0 Å². The summed E-state index contributed by atoms with van der Waals surface area (Å²) in [5.41, 5.74) is 3.75. The standard InChI is InChI=1S/C16H17N3O2/c1-10-7-13(17-16-12(10)9-19(2)18-16)11-5-6-14(20-3)15(8-11)21-4/h5-9H,1-4H3. The molecule has 0 atom stereocenters. The van der Waals surface area contributed by atoms with Crippen molar-refractivity contribution in [2.24, 2.45) is 7.05 Å². The minimum Gasteiger partial charge on any atom is -0.493 e. The van der Waals surface area contributed by atoms with Crippen molar-refractivity contribution in [2.45, 2.75) is 6.92 Å². The summed E-state index contributed by atoms with van der Waals surface area (Å²) in [6.07, 6.45) is 1.98. The van der Waals surface area contributed by atoms with Crippen LogP contribution in [0.3, 0.4) is 0 Å². The normalized spacial score (nSPS) is 10.9. The fraction of sp³-hybridized carbons (Fsp3) is 0.250. The van der Waals surface area contributed by atoms with Gasteiger partial charge in [-0.3, -0.25) is 4.68 Å². The molecule has 0 aliphatic rings. The van der Waals surface area contributed by atoms with Gasteiger partial charge in [0.1, 0.15) is 0 Å². The molecule has 1 aromatic carbocycles. The number of methoxy groups -OCH3 is 2. The lowest BCUT2D eigenvalue weighted by Crippen LogP contribution is -1.93. The summed E-state index contributed by atoms with van der Waals surface area (Å²) in [4.78, 5) is 4.63. The predicted molar refractivity (Wildman–Crippen MR) is 81.8 cm³/mol. The van der Waals surface area contributed by atoms with Crippen LogP contribution in [0, 0.1) is 6.92 Å². The maximum Gasteiger partial charge on any atom is 0.181 e. The first kappa shape index (κ1) is 13.4. The van der Waals surface area contributed by atoms with Crippen LogP contribution in [0.5, 0.6) is 11.5 Å². The molecule has 2 heterocycles. The number of aromatic nitrogens is 3. The molecule has 0 amide bonds. The average Bonchev–Trinajstić information content (AvgIpc) is 2.87. The molecule has 0 radical (unpaired) electrons. The Hall–Kier alpha value is -2.56. The number of benzene rings is 1. The molecule has 5 heteroatoms. The van der Waals surface area contributed by atoms with Gasteiger partial charge >= 0.3 is 0 Å². The Morgan fingerprint density at radius 1 is 1.05 bits per heavy atom. The van der Waals surface area contributed by atoms with E-state index in [1.54, 1.807) is 18.9 Å². The lowest BCUT2D eigenvalue weighted by molar-refractivity contribution is 0.355. The maximum absolute atomic E-state index is 5.35. The molecule has 3 rings (SSSR count). The third-order valence-corrected chi connectivity index (χ3v) is 3.49. The van der Waals surface area contributed by atoms with Gasteiger partial charge < -0.3 is 9.47 Å². The zero-order valence-electron chi connectivity index (χ0n) is 12.5. The van der Waals surface area contributed by atoms with Gasteiger partial charge in [0.05, 0.1) is 19.9 Å². The van der Waals surface area contributed by atoms with Crippen LogP contribution >= 0.6 is 0 Å². The fourth-order valence-corrected chi connectivity index (χ4v) is 2.41. The Morgan fingerprint density at radius 3 is 2.52 bits per heavy atom. The summed E-state index contributed by atoms with van der Waals surface area (Å²) < 4.78 is 12.4. The molecule has 0 aliphatic heterocycles. The number of nitrogens with zero attached hydrogens (tertiary/aromatic N) is 3. The Bertz CT molecular complexity index is 809. The highest BCUT2D eigenvalue weighted by Gasteiger charge is 2.10. The van der Waals surface area contributed by atoms with Gasteiger partial charge in [-0.1, -0.05) is 0 Å². The molecule has 0 unspecified atom stereocenters. The maximum atomic E-state index is 5.35. The molecular weight excluding hydrogens is 266 g/mol. The lowest BCUT2D eigenvalue weighted by Gasteiger charge is -2.09. The van der Waals surface area contributed by atoms with Crippen molar-refractivity contribution in [3.63, 3.8) is 0 Å². The molecule has 108 valence electrons. The molecule has 0 bridgehead atoms. The summed E-state index contributed by atoms with van der Waals surface area (Å²) in [5.74, 6) is 1.40. The topological polar surface area (TPSA) is 49.2 Å². The van der Waals surface area contributed by atoms with E-state index >= 15 is 0 Å². The van der Waals surface area contributed by atoms with Gasteiger partial charge in [0.25, 0.3) is 0 Å². The molecule has 0 aliphatic carbocycles. The first-order chi connectivity index (χ1) is 10.1. The second-order valence-corrected chi connectivity index (χ2v) is 4.93. The molecule has 0 N–H and O–H groups in total. The van der Waals surface area contributed by atoms with E-state index in [2.05, 4.69) is 23.1 Å². The van der Waals surface area contributed by atoms with Gasteiger partial charge in [-0.25, -0.2) is 4.98 Å². The van der Waals surface area contributed by atoms with Crippen LogP contribution in [0.15, 0.2) is 30.5 Å². The SMILES string of the molecule is COc1ccc(-c2cc(C)c3cn(C)nc3n2)cc1OC. The molecule has 21 heavy (non-hydrogen) atoms. The van der Waals surface area contributed by atoms with Crippen molar-refractivity contribution in [3.8, 4) is 22.8 Å². The number of pyridine rings is 1. The molecule has 3 aromatic rings. The van der Waals surface area contributed by atoms with E-state index in [-0.39, 0.29) is 0 Å². The monoisotopic (exact) mass is 283 g/mol. The zero-order valence-corrected chi connectivity index (χ0v) is 12.5. The lowest BCUT2D eigenvalue weighted by atomic mass is 10.1. The Kier molecular flexibility index (Phi) is 3.25. The number of fused-ring (bicyclic) bond motifs is 1. The highest BCUT2D eigenvalue weighted by Crippen LogP contribution is 2.32. The Balaban J connectivity index is 2.15. The average molecular weight is 283 g/mol. The van der Waals surface area contributed by atoms with Gasteiger partial charge in [0, 0.05) is 24.2 Å². The third-order valence-electron chi connectivity index (χ3n) is 3.49. The van der Waals surface area contributed by atoms with E-state index in [1.807, 2.05) is 31.4 Å². The molecule has 0 fully saturated rings. The van der Waals surface area contributed by atoms with Crippen molar-refractivity contribution in [1.29, 1.82) is 0 Å². The second-order valence-electron chi connectivity index (χ2n) is 4.93. The van der Waals surface area contributed by atoms with Crippen molar-refractivity contribution in [2.75, 3.05) is 14.2 Å². The molecule has 0 saturated carbocycles. The number of hydrogen-bond acceptors (Lipinski definition) is 4. The van der Waals surface area contributed by atoms with E-state index in [0.717, 1.165) is 27.9 Å². The van der Waals surface area contributed by atoms with Crippen LogP contribution < -0.4 is 9.47 Å². The summed E-state index contributed by atoms with van der Waals surface area (Å²) in [6.45, 7) is 2.07. The van der Waals surface area contributed by atoms with Gasteiger partial charge in [0.2, 0.25) is 0 Å². The first-order valence-electron chi connectivity index (χ1n) is 6.66. The highest BCUT2D eigenvalue weighted by molar-refractivity contribution is 5.82. The highest BCUT2D eigenvalue weighted by atomic mass is 16.5. The molecular formula is C16H17N3O2.